The zero-order chi connectivity index (χ0) is 15.4. The van der Waals surface area contributed by atoms with Crippen molar-refractivity contribution in [3.05, 3.63) is 18.2 Å². The van der Waals surface area contributed by atoms with Crippen LogP contribution in [0.25, 0.3) is 0 Å². The van der Waals surface area contributed by atoms with E-state index in [1.54, 1.807) is 6.33 Å². The Balaban J connectivity index is 1.35. The van der Waals surface area contributed by atoms with Gasteiger partial charge in [0.2, 0.25) is 0 Å². The average Bonchev–Trinajstić information content (AvgIpc) is 2.98. The van der Waals surface area contributed by atoms with E-state index in [9.17, 15) is 0 Å². The van der Waals surface area contributed by atoms with Crippen molar-refractivity contribution in [1.29, 1.82) is 0 Å². The third kappa shape index (κ3) is 4.54. The minimum Gasteiger partial charge on any atom is -0.373 e. The minimum atomic E-state index is 0.389. The molecule has 0 unspecified atom stereocenters. The first-order valence-electron chi connectivity index (χ1n) is 8.76. The number of hydrogen-bond donors (Lipinski definition) is 1. The molecule has 0 spiro atoms. The Labute approximate surface area is 134 Å². The molecule has 0 amide bonds. The van der Waals surface area contributed by atoms with Crippen molar-refractivity contribution in [2.75, 3.05) is 32.7 Å². The molecule has 3 rings (SSSR count). The Bertz CT molecular complexity index is 418. The van der Waals surface area contributed by atoms with Crippen LogP contribution in [-0.4, -0.2) is 64.7 Å². The summed E-state index contributed by atoms with van der Waals surface area (Å²) < 4.78 is 5.82. The van der Waals surface area contributed by atoms with Gasteiger partial charge in [-0.25, -0.2) is 4.98 Å². The number of rotatable bonds is 5. The third-order valence-corrected chi connectivity index (χ3v) is 5.00. The molecule has 0 radical (unpaired) electrons. The number of ether oxygens (including phenoxy) is 1. The van der Waals surface area contributed by atoms with Crippen molar-refractivity contribution < 1.29 is 4.74 Å². The van der Waals surface area contributed by atoms with E-state index in [-0.39, 0.29) is 0 Å². The van der Waals surface area contributed by atoms with Crippen molar-refractivity contribution in [2.24, 2.45) is 5.92 Å². The highest BCUT2D eigenvalue weighted by Crippen LogP contribution is 2.22. The lowest BCUT2D eigenvalue weighted by Gasteiger charge is -2.37. The summed E-state index contributed by atoms with van der Waals surface area (Å²) in [5, 5.41) is 0. The summed E-state index contributed by atoms with van der Waals surface area (Å²) >= 11 is 0. The zero-order valence-corrected chi connectivity index (χ0v) is 14.0. The summed E-state index contributed by atoms with van der Waals surface area (Å²) in [6.07, 6.45) is 8.50. The Morgan fingerprint density at radius 1 is 1.18 bits per heavy atom. The lowest BCUT2D eigenvalue weighted by atomic mass is 9.93. The van der Waals surface area contributed by atoms with Crippen LogP contribution in [-0.2, 0) is 11.3 Å². The van der Waals surface area contributed by atoms with Gasteiger partial charge in [0.15, 0.2) is 0 Å². The highest BCUT2D eigenvalue weighted by Gasteiger charge is 2.24. The van der Waals surface area contributed by atoms with Crippen LogP contribution in [0.5, 0.6) is 0 Å². The number of aromatic amines is 1. The maximum Gasteiger partial charge on any atom is 0.0922 e. The van der Waals surface area contributed by atoms with Crippen LogP contribution >= 0.6 is 0 Å². The van der Waals surface area contributed by atoms with E-state index in [0.29, 0.717) is 12.2 Å². The Morgan fingerprint density at radius 2 is 1.91 bits per heavy atom. The topological polar surface area (TPSA) is 44.4 Å². The van der Waals surface area contributed by atoms with Crippen molar-refractivity contribution in [2.45, 2.75) is 51.9 Å². The van der Waals surface area contributed by atoms with Gasteiger partial charge in [-0.15, -0.1) is 0 Å². The van der Waals surface area contributed by atoms with Crippen LogP contribution in [0.3, 0.4) is 0 Å². The largest absolute Gasteiger partial charge is 0.373 e. The van der Waals surface area contributed by atoms with Crippen LogP contribution in [0.4, 0.5) is 0 Å². The van der Waals surface area contributed by atoms with Gasteiger partial charge in [0.05, 0.1) is 18.5 Å². The van der Waals surface area contributed by atoms with Crippen LogP contribution in [0.1, 0.15) is 38.8 Å². The summed E-state index contributed by atoms with van der Waals surface area (Å²) in [5.74, 6) is 0.895. The van der Waals surface area contributed by atoms with E-state index < -0.39 is 0 Å². The fraction of sp³-hybridized carbons (Fsp3) is 0.824. The van der Waals surface area contributed by atoms with Crippen molar-refractivity contribution in [1.82, 2.24) is 19.8 Å². The average molecular weight is 306 g/mol. The molecule has 2 aliphatic rings. The molecule has 22 heavy (non-hydrogen) atoms. The molecule has 2 saturated heterocycles. The molecule has 1 N–H and O–H groups in total. The van der Waals surface area contributed by atoms with Gasteiger partial charge >= 0.3 is 0 Å². The smallest absolute Gasteiger partial charge is 0.0922 e. The predicted molar refractivity (Wildman–Crippen MR) is 87.7 cm³/mol. The van der Waals surface area contributed by atoms with Gasteiger partial charge in [-0.1, -0.05) is 0 Å². The predicted octanol–water partition coefficient (Wildman–Crippen LogP) is 2.12. The van der Waals surface area contributed by atoms with Crippen LogP contribution in [0.15, 0.2) is 12.5 Å². The van der Waals surface area contributed by atoms with E-state index in [4.69, 9.17) is 4.74 Å². The first-order chi connectivity index (χ1) is 10.7. The molecule has 0 aliphatic carbocycles. The third-order valence-electron chi connectivity index (χ3n) is 5.00. The van der Waals surface area contributed by atoms with E-state index in [0.717, 1.165) is 25.6 Å². The Morgan fingerprint density at radius 3 is 2.55 bits per heavy atom. The summed E-state index contributed by atoms with van der Waals surface area (Å²) in [6, 6.07) is 0. The van der Waals surface area contributed by atoms with Crippen molar-refractivity contribution in [3.63, 3.8) is 0 Å². The Kier molecular flexibility index (Phi) is 5.50. The minimum absolute atomic E-state index is 0.389. The number of nitrogens with one attached hydrogen (secondary N) is 1. The number of piperidine rings is 1. The number of nitrogens with zero attached hydrogens (tertiary/aromatic N) is 3. The van der Waals surface area contributed by atoms with Gasteiger partial charge in [0.25, 0.3) is 0 Å². The van der Waals surface area contributed by atoms with Gasteiger partial charge in [-0.2, -0.15) is 0 Å². The van der Waals surface area contributed by atoms with Crippen molar-refractivity contribution in [3.8, 4) is 0 Å². The number of imidazole rings is 1. The SMILES string of the molecule is C[C@@H]1CN(CCC2CCN(Cc3cnc[nH]3)CC2)C[C@@H](C)O1. The standard InChI is InChI=1S/C17H30N4O/c1-14-10-21(11-15(2)22-14)8-5-16-3-6-20(7-4-16)12-17-9-18-13-19-17/h9,13-16H,3-8,10-12H2,1-2H3,(H,18,19)/t14-,15-/m1/s1. The molecule has 5 nitrogen and oxygen atoms in total. The molecule has 0 bridgehead atoms. The summed E-state index contributed by atoms with van der Waals surface area (Å²) in [6.45, 7) is 11.3. The monoisotopic (exact) mass is 306 g/mol. The van der Waals surface area contributed by atoms with E-state index in [1.807, 2.05) is 6.20 Å². The van der Waals surface area contributed by atoms with E-state index in [2.05, 4.69) is 33.6 Å². The quantitative estimate of drug-likeness (QED) is 0.905. The number of morpholine rings is 1. The Hall–Kier alpha value is -0.910. The highest BCUT2D eigenvalue weighted by molar-refractivity contribution is 4.94. The summed E-state index contributed by atoms with van der Waals surface area (Å²) in [7, 11) is 0. The van der Waals surface area contributed by atoms with Crippen LogP contribution < -0.4 is 0 Å². The van der Waals surface area contributed by atoms with Gasteiger partial charge < -0.3 is 9.72 Å². The number of hydrogen-bond acceptors (Lipinski definition) is 4. The highest BCUT2D eigenvalue weighted by atomic mass is 16.5. The second-order valence-corrected chi connectivity index (χ2v) is 7.10. The number of H-pyrrole nitrogens is 1. The molecule has 3 heterocycles. The lowest BCUT2D eigenvalue weighted by Crippen LogP contribution is -2.46. The van der Waals surface area contributed by atoms with E-state index in [1.165, 1.54) is 44.6 Å². The fourth-order valence-electron chi connectivity index (χ4n) is 3.88. The molecular formula is C17H30N4O. The molecule has 1 aromatic heterocycles. The van der Waals surface area contributed by atoms with Gasteiger partial charge in [-0.3, -0.25) is 9.80 Å². The molecule has 2 fully saturated rings. The first-order valence-corrected chi connectivity index (χ1v) is 8.76. The van der Waals surface area contributed by atoms with Gasteiger partial charge in [0, 0.05) is 31.5 Å². The summed E-state index contributed by atoms with van der Waals surface area (Å²) in [5.41, 5.74) is 1.23. The molecule has 2 aliphatic heterocycles. The van der Waals surface area contributed by atoms with Crippen LogP contribution in [0.2, 0.25) is 0 Å². The van der Waals surface area contributed by atoms with E-state index >= 15 is 0 Å². The first kappa shape index (κ1) is 16.0. The van der Waals surface area contributed by atoms with Crippen LogP contribution in [0, 0.1) is 5.92 Å². The molecule has 0 saturated carbocycles. The van der Waals surface area contributed by atoms with Gasteiger partial charge in [0.1, 0.15) is 0 Å². The molecular weight excluding hydrogens is 276 g/mol. The van der Waals surface area contributed by atoms with Crippen molar-refractivity contribution >= 4 is 0 Å². The zero-order valence-electron chi connectivity index (χ0n) is 14.0. The normalized spacial score (nSPS) is 29.0. The molecule has 0 aromatic carbocycles. The molecule has 5 heteroatoms. The second-order valence-electron chi connectivity index (χ2n) is 7.10. The number of likely N-dealkylation sites (tertiary alicyclic amines) is 1. The molecule has 1 aromatic rings. The lowest BCUT2D eigenvalue weighted by molar-refractivity contribution is -0.0693. The summed E-state index contributed by atoms with van der Waals surface area (Å²) in [4.78, 5) is 12.4. The maximum absolute atomic E-state index is 5.82. The number of aromatic nitrogens is 2. The van der Waals surface area contributed by atoms with Gasteiger partial charge in [-0.05, 0) is 58.7 Å². The second kappa shape index (κ2) is 7.57. The maximum atomic E-state index is 5.82. The molecule has 2 atom stereocenters. The fourth-order valence-corrected chi connectivity index (χ4v) is 3.88. The molecule has 124 valence electrons.